The van der Waals surface area contributed by atoms with Crippen molar-refractivity contribution in [3.8, 4) is 11.3 Å². The molecule has 4 rings (SSSR count). The van der Waals surface area contributed by atoms with Crippen molar-refractivity contribution in [3.63, 3.8) is 0 Å². The molecule has 192 valence electrons. The van der Waals surface area contributed by atoms with Crippen LogP contribution >= 0.6 is 11.3 Å². The van der Waals surface area contributed by atoms with Gasteiger partial charge in [0.2, 0.25) is 10.0 Å². The van der Waals surface area contributed by atoms with Crippen LogP contribution in [0.5, 0.6) is 0 Å². The van der Waals surface area contributed by atoms with Crippen LogP contribution in [0.2, 0.25) is 0 Å². The van der Waals surface area contributed by atoms with Gasteiger partial charge in [-0.25, -0.2) is 22.5 Å². The molecular weight excluding hydrogens is 501 g/mol. The number of nitrogens with zero attached hydrogens (tertiary/aromatic N) is 6. The lowest BCUT2D eigenvalue weighted by molar-refractivity contribution is 0.423. The molecule has 0 fully saturated rings. The van der Waals surface area contributed by atoms with Crippen molar-refractivity contribution in [2.75, 3.05) is 31.8 Å². The standard InChI is InChI=1S/C24H30FN7O2S2/c1-6-19-13-23(31(4)24-27-20(15-35-24)17-7-9-18(25)10-8-17)32-21(26-19)11-12-22(28-32)30(3)14-16(2)29-36(5,33)34/h7-13,15-16,19,29H,6,14H2,1-5H3. The fourth-order valence-corrected chi connectivity index (χ4v) is 5.58. The predicted molar refractivity (Wildman–Crippen MR) is 144 cm³/mol. The van der Waals surface area contributed by atoms with Crippen LogP contribution in [-0.2, 0) is 10.0 Å². The van der Waals surface area contributed by atoms with E-state index in [1.54, 1.807) is 17.1 Å². The van der Waals surface area contributed by atoms with E-state index < -0.39 is 10.0 Å². The molecule has 36 heavy (non-hydrogen) atoms. The number of hydrogen-bond donors (Lipinski definition) is 1. The number of aliphatic imine (C=N–C) groups is 1. The number of hydrogen-bond acceptors (Lipinski definition) is 9. The lowest BCUT2D eigenvalue weighted by Gasteiger charge is -2.35. The second kappa shape index (κ2) is 10.5. The zero-order valence-electron chi connectivity index (χ0n) is 20.9. The predicted octanol–water partition coefficient (Wildman–Crippen LogP) is 3.47. The van der Waals surface area contributed by atoms with Crippen LogP contribution in [0, 0.1) is 5.82 Å². The summed E-state index contributed by atoms with van der Waals surface area (Å²) in [6.07, 6.45) is 7.86. The number of nitrogens with one attached hydrogen (secondary N) is 1. The molecule has 1 aromatic carbocycles. The smallest absolute Gasteiger partial charge is 0.209 e. The molecule has 0 bridgehead atoms. The highest BCUT2D eigenvalue weighted by atomic mass is 32.2. The summed E-state index contributed by atoms with van der Waals surface area (Å²) in [6.45, 7) is 4.33. The Morgan fingerprint density at radius 2 is 1.94 bits per heavy atom. The molecule has 1 aromatic heterocycles. The van der Waals surface area contributed by atoms with E-state index in [4.69, 9.17) is 15.1 Å². The van der Waals surface area contributed by atoms with Gasteiger partial charge in [0.05, 0.1) is 18.0 Å². The molecule has 9 nitrogen and oxygen atoms in total. The Kier molecular flexibility index (Phi) is 7.57. The first-order valence-electron chi connectivity index (χ1n) is 11.5. The van der Waals surface area contributed by atoms with Crippen LogP contribution in [-0.4, -0.2) is 74.0 Å². The van der Waals surface area contributed by atoms with E-state index in [1.165, 1.54) is 23.5 Å². The number of aromatic nitrogens is 1. The van der Waals surface area contributed by atoms with E-state index in [0.29, 0.717) is 12.4 Å². The maximum atomic E-state index is 13.3. The molecule has 0 saturated carbocycles. The van der Waals surface area contributed by atoms with Gasteiger partial charge in [0.1, 0.15) is 17.5 Å². The average molecular weight is 532 g/mol. The molecule has 12 heteroatoms. The van der Waals surface area contributed by atoms with Gasteiger partial charge in [-0.2, -0.15) is 5.01 Å². The number of fused-ring (bicyclic) bond motifs is 1. The largest absolute Gasteiger partial charge is 0.357 e. The zero-order valence-corrected chi connectivity index (χ0v) is 22.5. The summed E-state index contributed by atoms with van der Waals surface area (Å²) in [7, 11) is 0.500. The first-order chi connectivity index (χ1) is 17.0. The number of sulfonamides is 1. The van der Waals surface area contributed by atoms with Crippen LogP contribution in [0.25, 0.3) is 11.3 Å². The van der Waals surface area contributed by atoms with Gasteiger partial charge < -0.3 is 9.80 Å². The third-order valence-corrected chi connectivity index (χ3v) is 7.44. The van der Waals surface area contributed by atoms with Crippen molar-refractivity contribution < 1.29 is 12.8 Å². The Hall–Kier alpha value is -3.09. The van der Waals surface area contributed by atoms with Crippen LogP contribution in [0.4, 0.5) is 9.52 Å². The fourth-order valence-electron chi connectivity index (χ4n) is 3.97. The minimum Gasteiger partial charge on any atom is -0.357 e. The lowest BCUT2D eigenvalue weighted by atomic mass is 10.1. The maximum Gasteiger partial charge on any atom is 0.209 e. The van der Waals surface area contributed by atoms with Crippen molar-refractivity contribution in [2.24, 2.45) is 10.1 Å². The van der Waals surface area contributed by atoms with Gasteiger partial charge in [-0.1, -0.05) is 6.92 Å². The van der Waals surface area contributed by atoms with Crippen molar-refractivity contribution in [3.05, 3.63) is 59.5 Å². The maximum absolute atomic E-state index is 13.3. The number of halogens is 1. The highest BCUT2D eigenvalue weighted by Gasteiger charge is 2.29. The van der Waals surface area contributed by atoms with E-state index in [9.17, 15) is 12.8 Å². The number of likely N-dealkylation sites (N-methyl/N-ethyl adjacent to an activating group) is 1. The Morgan fingerprint density at radius 1 is 1.22 bits per heavy atom. The number of rotatable bonds is 8. The molecule has 0 saturated heterocycles. The van der Waals surface area contributed by atoms with Crippen LogP contribution < -0.4 is 9.62 Å². The summed E-state index contributed by atoms with van der Waals surface area (Å²) in [5.74, 6) is 1.94. The number of amidine groups is 2. The molecule has 2 unspecified atom stereocenters. The third-order valence-electron chi connectivity index (χ3n) is 5.69. The van der Waals surface area contributed by atoms with Crippen molar-refractivity contribution >= 4 is 38.2 Å². The summed E-state index contributed by atoms with van der Waals surface area (Å²) < 4.78 is 39.1. The molecule has 0 radical (unpaired) electrons. The molecule has 0 aliphatic carbocycles. The second-order valence-corrected chi connectivity index (χ2v) is 11.5. The Labute approximate surface area is 215 Å². The minimum atomic E-state index is -3.30. The Bertz CT molecular complexity index is 1330. The van der Waals surface area contributed by atoms with Crippen LogP contribution in [0.15, 0.2) is 63.8 Å². The van der Waals surface area contributed by atoms with Crippen LogP contribution in [0.3, 0.4) is 0 Å². The van der Waals surface area contributed by atoms with E-state index >= 15 is 0 Å². The first-order valence-corrected chi connectivity index (χ1v) is 14.3. The minimum absolute atomic E-state index is 0.00310. The van der Waals surface area contributed by atoms with Gasteiger partial charge in [0, 0.05) is 37.6 Å². The molecule has 2 atom stereocenters. The lowest BCUT2D eigenvalue weighted by Crippen LogP contribution is -2.45. The van der Waals surface area contributed by atoms with Gasteiger partial charge in [-0.05, 0) is 55.8 Å². The van der Waals surface area contributed by atoms with Gasteiger partial charge in [0.15, 0.2) is 11.0 Å². The number of thiazole rings is 1. The van der Waals surface area contributed by atoms with Gasteiger partial charge in [-0.15, -0.1) is 16.4 Å². The Balaban J connectivity index is 1.58. The summed E-state index contributed by atoms with van der Waals surface area (Å²) in [6, 6.07) is 5.99. The van der Waals surface area contributed by atoms with Crippen molar-refractivity contribution in [2.45, 2.75) is 32.4 Å². The topological polar surface area (TPSA) is 93.5 Å². The van der Waals surface area contributed by atoms with Crippen LogP contribution in [0.1, 0.15) is 20.3 Å². The molecule has 2 aliphatic heterocycles. The number of benzene rings is 1. The van der Waals surface area contributed by atoms with Crippen molar-refractivity contribution in [1.82, 2.24) is 19.6 Å². The number of hydrazone groups is 1. The van der Waals surface area contributed by atoms with E-state index in [-0.39, 0.29) is 17.9 Å². The molecule has 3 heterocycles. The molecule has 1 N–H and O–H groups in total. The average Bonchev–Trinajstić information content (AvgIpc) is 3.32. The zero-order chi connectivity index (χ0) is 26.0. The Morgan fingerprint density at radius 3 is 2.61 bits per heavy atom. The summed E-state index contributed by atoms with van der Waals surface area (Å²) in [5.41, 5.74) is 1.62. The molecule has 2 aliphatic rings. The summed E-state index contributed by atoms with van der Waals surface area (Å²) in [4.78, 5) is 13.4. The number of anilines is 1. The van der Waals surface area contributed by atoms with Gasteiger partial charge >= 0.3 is 0 Å². The highest BCUT2D eigenvalue weighted by Crippen LogP contribution is 2.32. The van der Waals surface area contributed by atoms with Gasteiger partial charge in [-0.3, -0.25) is 4.99 Å². The monoisotopic (exact) mass is 531 g/mol. The molecule has 0 spiro atoms. The quantitative estimate of drug-likeness (QED) is 0.561. The van der Waals surface area contributed by atoms with Gasteiger partial charge in [0.25, 0.3) is 0 Å². The molecule has 0 amide bonds. The highest BCUT2D eigenvalue weighted by molar-refractivity contribution is 7.88. The van der Waals surface area contributed by atoms with E-state index in [2.05, 4.69) is 17.7 Å². The second-order valence-electron chi connectivity index (χ2n) is 8.84. The fraction of sp³-hybridized carbons (Fsp3) is 0.375. The van der Waals surface area contributed by atoms with E-state index in [0.717, 1.165) is 40.7 Å². The summed E-state index contributed by atoms with van der Waals surface area (Å²) >= 11 is 1.49. The third kappa shape index (κ3) is 6.00. The molecule has 2 aromatic rings. The first kappa shape index (κ1) is 26.0. The SMILES string of the molecule is CCC1C=C(N(C)c2nc(-c3ccc(F)cc3)cs2)N2N=C(N(C)CC(C)NS(C)(=O)=O)C=CC2=N1. The molecular formula is C24H30FN7O2S2. The summed E-state index contributed by atoms with van der Waals surface area (Å²) in [5, 5.41) is 9.33. The van der Waals surface area contributed by atoms with Crippen molar-refractivity contribution in [1.29, 1.82) is 0 Å². The van der Waals surface area contributed by atoms with E-state index in [1.807, 2.05) is 48.4 Å². The normalized spacial score (nSPS) is 18.2.